The minimum atomic E-state index is -1.13. The maximum absolute atomic E-state index is 12.4. The number of nitrogens with one attached hydrogen (secondary N) is 3. The van der Waals surface area contributed by atoms with Crippen LogP contribution in [0.1, 0.15) is 32.2 Å². The SMILES string of the molecule is CCC(=O)N[C@H]1C[C@@H](n2cnc3c(N)nc(N4CC[C@@H](NC(=O)Nc5cccnc5)C4)nc32)[C@H](O)[C@@H]1O. The molecule has 2 fully saturated rings. The van der Waals surface area contributed by atoms with E-state index in [2.05, 4.69) is 35.9 Å². The standard InChI is InChI=1S/C23H30N10O4/c1-2-16(34)29-14-8-15(19(36)18(14)35)33-11-26-17-20(24)30-22(31-21(17)33)32-7-5-13(10-32)28-23(37)27-12-4-3-6-25-9-12/h3-4,6,9,11,13-15,18-19,35-36H,2,5,7-8,10H2,1H3,(H,29,34)(H2,24,30,31)(H2,27,28,37)/t13-,14+,15-,18-,19+/m1/s1. The molecule has 196 valence electrons. The first kappa shape index (κ1) is 24.6. The van der Waals surface area contributed by atoms with Gasteiger partial charge in [-0.15, -0.1) is 0 Å². The molecule has 3 aromatic heterocycles. The molecule has 3 aromatic rings. The summed E-state index contributed by atoms with van der Waals surface area (Å²) in [6, 6.07) is 1.88. The number of rotatable bonds is 6. The number of hydrogen-bond acceptors (Lipinski definition) is 10. The number of hydrogen-bond donors (Lipinski definition) is 6. The fourth-order valence-corrected chi connectivity index (χ4v) is 4.90. The summed E-state index contributed by atoms with van der Waals surface area (Å²) in [7, 11) is 0. The molecule has 1 saturated heterocycles. The molecule has 0 unspecified atom stereocenters. The van der Waals surface area contributed by atoms with Gasteiger partial charge in [-0.3, -0.25) is 9.78 Å². The summed E-state index contributed by atoms with van der Waals surface area (Å²) in [6.07, 6.45) is 3.73. The van der Waals surface area contributed by atoms with E-state index >= 15 is 0 Å². The van der Waals surface area contributed by atoms with Crippen molar-refractivity contribution in [2.45, 2.75) is 56.5 Å². The Bertz CT molecular complexity index is 1290. The van der Waals surface area contributed by atoms with Crippen molar-refractivity contribution in [3.05, 3.63) is 30.9 Å². The van der Waals surface area contributed by atoms with Crippen LogP contribution in [0.4, 0.5) is 22.2 Å². The van der Waals surface area contributed by atoms with Crippen molar-refractivity contribution in [3.63, 3.8) is 0 Å². The van der Waals surface area contributed by atoms with Gasteiger partial charge < -0.3 is 41.4 Å². The summed E-state index contributed by atoms with van der Waals surface area (Å²) >= 11 is 0. The van der Waals surface area contributed by atoms with Crippen LogP contribution in [-0.2, 0) is 4.79 Å². The van der Waals surface area contributed by atoms with Crippen molar-refractivity contribution < 1.29 is 19.8 Å². The number of aliphatic hydroxyl groups is 2. The van der Waals surface area contributed by atoms with Crippen LogP contribution in [0.2, 0.25) is 0 Å². The van der Waals surface area contributed by atoms with Gasteiger partial charge in [0, 0.05) is 31.7 Å². The Labute approximate surface area is 212 Å². The van der Waals surface area contributed by atoms with Gasteiger partial charge in [-0.25, -0.2) is 9.78 Å². The topological polar surface area (TPSA) is 196 Å². The van der Waals surface area contributed by atoms with Crippen molar-refractivity contribution in [1.29, 1.82) is 0 Å². The van der Waals surface area contributed by atoms with E-state index in [1.165, 1.54) is 6.33 Å². The Balaban J connectivity index is 1.31. The number of nitrogens with two attached hydrogens (primary N) is 1. The number of anilines is 3. The molecular weight excluding hydrogens is 480 g/mol. The minimum absolute atomic E-state index is 0.128. The van der Waals surface area contributed by atoms with Crippen molar-refractivity contribution in [1.82, 2.24) is 35.1 Å². The fraction of sp³-hybridized carbons (Fsp3) is 0.478. The smallest absolute Gasteiger partial charge is 0.319 e. The van der Waals surface area contributed by atoms with Gasteiger partial charge in [-0.1, -0.05) is 6.92 Å². The number of fused-ring (bicyclic) bond motifs is 1. The predicted molar refractivity (Wildman–Crippen MR) is 135 cm³/mol. The summed E-state index contributed by atoms with van der Waals surface area (Å²) in [5.74, 6) is 0.369. The lowest BCUT2D eigenvalue weighted by molar-refractivity contribution is -0.122. The molecule has 7 N–H and O–H groups in total. The fourth-order valence-electron chi connectivity index (χ4n) is 4.90. The molecule has 14 nitrogen and oxygen atoms in total. The molecule has 14 heteroatoms. The Morgan fingerprint density at radius 2 is 2.05 bits per heavy atom. The van der Waals surface area contributed by atoms with Gasteiger partial charge in [0.05, 0.1) is 30.3 Å². The number of carbonyl (C=O) groups is 2. The van der Waals surface area contributed by atoms with Crippen LogP contribution in [0.5, 0.6) is 0 Å². The zero-order chi connectivity index (χ0) is 26.1. The molecule has 37 heavy (non-hydrogen) atoms. The van der Waals surface area contributed by atoms with Crippen molar-refractivity contribution in [2.24, 2.45) is 0 Å². The maximum atomic E-state index is 12.4. The lowest BCUT2D eigenvalue weighted by atomic mass is 10.2. The van der Waals surface area contributed by atoms with E-state index < -0.39 is 24.3 Å². The third-order valence-corrected chi connectivity index (χ3v) is 6.84. The number of aliphatic hydroxyl groups excluding tert-OH is 2. The maximum Gasteiger partial charge on any atom is 0.319 e. The van der Waals surface area contributed by atoms with E-state index in [1.807, 2.05) is 4.90 Å². The van der Waals surface area contributed by atoms with Crippen molar-refractivity contribution in [3.8, 4) is 0 Å². The molecule has 5 atom stereocenters. The second-order valence-corrected chi connectivity index (χ2v) is 9.32. The van der Waals surface area contributed by atoms with Crippen LogP contribution >= 0.6 is 0 Å². The Hall–Kier alpha value is -4.04. The van der Waals surface area contributed by atoms with Crippen LogP contribution in [0.15, 0.2) is 30.9 Å². The molecule has 3 amide bonds. The summed E-state index contributed by atoms with van der Waals surface area (Å²) in [5.41, 5.74) is 7.61. The minimum Gasteiger partial charge on any atom is -0.388 e. The molecular formula is C23H30N10O4. The first-order valence-corrected chi connectivity index (χ1v) is 12.2. The summed E-state index contributed by atoms with van der Waals surface area (Å²) in [4.78, 5) is 43.5. The Morgan fingerprint density at radius 1 is 1.22 bits per heavy atom. The van der Waals surface area contributed by atoms with Gasteiger partial charge >= 0.3 is 6.03 Å². The van der Waals surface area contributed by atoms with Crippen LogP contribution in [-0.4, -0.2) is 84.0 Å². The predicted octanol–water partition coefficient (Wildman–Crippen LogP) is -0.235. The van der Waals surface area contributed by atoms with E-state index in [0.29, 0.717) is 48.7 Å². The molecule has 4 heterocycles. The average Bonchev–Trinajstić information content (AvgIpc) is 3.59. The number of amides is 3. The first-order chi connectivity index (χ1) is 17.8. The first-order valence-electron chi connectivity index (χ1n) is 12.2. The van der Waals surface area contributed by atoms with Crippen LogP contribution in [0.25, 0.3) is 11.2 Å². The molecule has 0 radical (unpaired) electrons. The Kier molecular flexibility index (Phi) is 6.76. The molecule has 0 aromatic carbocycles. The number of pyridine rings is 1. The second kappa shape index (κ2) is 10.1. The quantitative estimate of drug-likeness (QED) is 0.257. The highest BCUT2D eigenvalue weighted by Gasteiger charge is 2.43. The van der Waals surface area contributed by atoms with Gasteiger partial charge in [-0.05, 0) is 25.0 Å². The highest BCUT2D eigenvalue weighted by Crippen LogP contribution is 2.34. The second-order valence-electron chi connectivity index (χ2n) is 9.32. The zero-order valence-electron chi connectivity index (χ0n) is 20.3. The van der Waals surface area contributed by atoms with Crippen LogP contribution in [0.3, 0.4) is 0 Å². The molecule has 1 aliphatic carbocycles. The summed E-state index contributed by atoms with van der Waals surface area (Å²) in [5, 5.41) is 29.7. The van der Waals surface area contributed by atoms with Gasteiger partial charge in [0.1, 0.15) is 17.7 Å². The number of carbonyl (C=O) groups excluding carboxylic acids is 2. The van der Waals surface area contributed by atoms with Gasteiger partial charge in [0.25, 0.3) is 0 Å². The van der Waals surface area contributed by atoms with Gasteiger partial charge in [0.15, 0.2) is 11.5 Å². The van der Waals surface area contributed by atoms with E-state index in [4.69, 9.17) is 5.73 Å². The zero-order valence-corrected chi connectivity index (χ0v) is 20.3. The number of nitrogens with zero attached hydrogens (tertiary/aromatic N) is 6. The Morgan fingerprint density at radius 3 is 2.81 bits per heavy atom. The molecule has 2 aliphatic rings. The molecule has 5 rings (SSSR count). The summed E-state index contributed by atoms with van der Waals surface area (Å²) in [6.45, 7) is 2.81. The highest BCUT2D eigenvalue weighted by atomic mass is 16.3. The normalized spacial score (nSPS) is 25.4. The molecule has 1 saturated carbocycles. The third kappa shape index (κ3) is 4.97. The number of urea groups is 1. The largest absolute Gasteiger partial charge is 0.388 e. The lowest BCUT2D eigenvalue weighted by Crippen LogP contribution is -2.42. The summed E-state index contributed by atoms with van der Waals surface area (Å²) < 4.78 is 1.68. The molecule has 1 aliphatic heterocycles. The van der Waals surface area contributed by atoms with Crippen molar-refractivity contribution in [2.75, 3.05) is 29.0 Å². The average molecular weight is 511 g/mol. The van der Waals surface area contributed by atoms with Gasteiger partial charge in [0.2, 0.25) is 11.9 Å². The highest BCUT2D eigenvalue weighted by molar-refractivity contribution is 5.89. The van der Waals surface area contributed by atoms with Crippen LogP contribution < -0.4 is 26.6 Å². The van der Waals surface area contributed by atoms with E-state index in [1.54, 1.807) is 36.0 Å². The molecule has 0 spiro atoms. The number of aromatic nitrogens is 5. The van der Waals surface area contributed by atoms with E-state index in [0.717, 1.165) is 0 Å². The third-order valence-electron chi connectivity index (χ3n) is 6.84. The van der Waals surface area contributed by atoms with E-state index in [-0.39, 0.29) is 30.2 Å². The number of nitrogen functional groups attached to an aromatic ring is 1. The molecule has 0 bridgehead atoms. The number of imidazole rings is 1. The van der Waals surface area contributed by atoms with Gasteiger partial charge in [-0.2, -0.15) is 9.97 Å². The lowest BCUT2D eigenvalue weighted by Gasteiger charge is -2.20. The monoisotopic (exact) mass is 510 g/mol. The van der Waals surface area contributed by atoms with Crippen LogP contribution in [0, 0.1) is 0 Å². The van der Waals surface area contributed by atoms with Crippen molar-refractivity contribution >= 4 is 40.6 Å². The van der Waals surface area contributed by atoms with E-state index in [9.17, 15) is 19.8 Å².